The molecule has 1 saturated carbocycles. The summed E-state index contributed by atoms with van der Waals surface area (Å²) in [4.78, 5) is 13.8. The highest BCUT2D eigenvalue weighted by Crippen LogP contribution is 2.26. The first-order valence-electron chi connectivity index (χ1n) is 7.07. The molecule has 0 bridgehead atoms. The lowest BCUT2D eigenvalue weighted by Crippen LogP contribution is -2.30. The second kappa shape index (κ2) is 7.58. The van der Waals surface area contributed by atoms with E-state index in [1.54, 1.807) is 4.68 Å². The lowest BCUT2D eigenvalue weighted by atomic mass is 10.5. The maximum absolute atomic E-state index is 11.9. The van der Waals surface area contributed by atoms with Crippen molar-refractivity contribution in [3.8, 4) is 0 Å². The van der Waals surface area contributed by atoms with Gasteiger partial charge in [-0.25, -0.2) is 4.68 Å². The summed E-state index contributed by atoms with van der Waals surface area (Å²) in [5.74, 6) is 0.548. The number of hydrogen-bond donors (Lipinski definition) is 1. The molecule has 0 unspecified atom stereocenters. The predicted molar refractivity (Wildman–Crippen MR) is 77.5 cm³/mol. The first-order valence-corrected chi connectivity index (χ1v) is 8.06. The summed E-state index contributed by atoms with van der Waals surface area (Å²) in [5.41, 5.74) is 0. The van der Waals surface area contributed by atoms with Crippen LogP contribution in [0, 0.1) is 0 Å². The van der Waals surface area contributed by atoms with E-state index >= 15 is 0 Å². The molecular formula is C12H22N6OS. The molecule has 1 amide bonds. The number of thioether (sulfide) groups is 1. The Hall–Kier alpha value is -1.15. The van der Waals surface area contributed by atoms with Crippen LogP contribution in [0.3, 0.4) is 0 Å². The lowest BCUT2D eigenvalue weighted by Gasteiger charge is -2.15. The van der Waals surface area contributed by atoms with E-state index in [1.165, 1.54) is 11.8 Å². The van der Waals surface area contributed by atoms with Gasteiger partial charge in [-0.1, -0.05) is 18.7 Å². The minimum Gasteiger partial charge on any atom is -0.342 e. The van der Waals surface area contributed by atoms with Gasteiger partial charge in [0.15, 0.2) is 0 Å². The van der Waals surface area contributed by atoms with E-state index in [2.05, 4.69) is 27.8 Å². The van der Waals surface area contributed by atoms with Crippen LogP contribution in [0.5, 0.6) is 0 Å². The number of nitrogens with zero attached hydrogens (tertiary/aromatic N) is 5. The first kappa shape index (κ1) is 15.2. The molecule has 2 rings (SSSR count). The molecule has 8 heteroatoms. The molecule has 7 nitrogen and oxygen atoms in total. The normalized spacial score (nSPS) is 14.5. The van der Waals surface area contributed by atoms with E-state index in [0.29, 0.717) is 17.0 Å². The van der Waals surface area contributed by atoms with E-state index in [9.17, 15) is 4.79 Å². The molecule has 112 valence electrons. The average Bonchev–Trinajstić information content (AvgIpc) is 3.21. The molecule has 1 heterocycles. The summed E-state index contributed by atoms with van der Waals surface area (Å²) in [6, 6.07) is 0.456. The zero-order chi connectivity index (χ0) is 14.4. The van der Waals surface area contributed by atoms with Crippen molar-refractivity contribution >= 4 is 17.7 Å². The summed E-state index contributed by atoms with van der Waals surface area (Å²) in [5, 5.41) is 15.6. The second-order valence-corrected chi connectivity index (χ2v) is 5.90. The molecule has 0 atom stereocenters. The largest absolute Gasteiger partial charge is 0.342 e. The van der Waals surface area contributed by atoms with Crippen molar-refractivity contribution in [3.05, 3.63) is 0 Å². The lowest BCUT2D eigenvalue weighted by molar-refractivity contribution is -0.127. The maximum atomic E-state index is 11.9. The van der Waals surface area contributed by atoms with Crippen LogP contribution < -0.4 is 5.32 Å². The van der Waals surface area contributed by atoms with Gasteiger partial charge in [-0.15, -0.1) is 5.10 Å². The van der Waals surface area contributed by atoms with Crippen LogP contribution in [0.4, 0.5) is 0 Å². The molecule has 0 radical (unpaired) electrons. The van der Waals surface area contributed by atoms with E-state index < -0.39 is 0 Å². The number of carbonyl (C=O) groups is 1. The van der Waals surface area contributed by atoms with Crippen LogP contribution in [0.15, 0.2) is 5.16 Å². The van der Waals surface area contributed by atoms with E-state index in [1.807, 2.05) is 11.9 Å². The van der Waals surface area contributed by atoms with Crippen molar-refractivity contribution < 1.29 is 4.79 Å². The number of rotatable bonds is 9. The number of hydrogen-bond acceptors (Lipinski definition) is 6. The number of tetrazole rings is 1. The second-order valence-electron chi connectivity index (χ2n) is 4.96. The molecule has 1 aromatic heterocycles. The Morgan fingerprint density at radius 3 is 3.00 bits per heavy atom. The molecule has 0 aliphatic heterocycles. The quantitative estimate of drug-likeness (QED) is 0.525. The van der Waals surface area contributed by atoms with Gasteiger partial charge in [-0.05, 0) is 36.2 Å². The van der Waals surface area contributed by atoms with Crippen molar-refractivity contribution in [2.24, 2.45) is 0 Å². The Morgan fingerprint density at radius 2 is 2.30 bits per heavy atom. The third-order valence-corrected chi connectivity index (χ3v) is 4.18. The fourth-order valence-electron chi connectivity index (χ4n) is 1.82. The van der Waals surface area contributed by atoms with Crippen molar-refractivity contribution in [1.29, 1.82) is 0 Å². The fraction of sp³-hybridized carbons (Fsp3) is 0.833. The molecule has 0 saturated heterocycles. The van der Waals surface area contributed by atoms with Gasteiger partial charge in [0.1, 0.15) is 0 Å². The summed E-state index contributed by atoms with van der Waals surface area (Å²) in [6.45, 7) is 4.69. The van der Waals surface area contributed by atoms with Crippen molar-refractivity contribution in [2.75, 3.05) is 25.9 Å². The highest BCUT2D eigenvalue weighted by atomic mass is 32.2. The fourth-order valence-corrected chi connectivity index (χ4v) is 2.65. The molecule has 1 aliphatic rings. The van der Waals surface area contributed by atoms with Crippen LogP contribution in [-0.4, -0.2) is 62.9 Å². The van der Waals surface area contributed by atoms with Gasteiger partial charge in [-0.2, -0.15) is 0 Å². The summed E-state index contributed by atoms with van der Waals surface area (Å²) < 4.78 is 1.75. The zero-order valence-corrected chi connectivity index (χ0v) is 12.9. The maximum Gasteiger partial charge on any atom is 0.233 e. The smallest absolute Gasteiger partial charge is 0.233 e. The Kier molecular flexibility index (Phi) is 5.78. The van der Waals surface area contributed by atoms with Gasteiger partial charge in [0.05, 0.1) is 12.3 Å². The Labute approximate surface area is 123 Å². The van der Waals surface area contributed by atoms with Gasteiger partial charge in [0.25, 0.3) is 0 Å². The predicted octanol–water partition coefficient (Wildman–Crippen LogP) is 0.386. The van der Waals surface area contributed by atoms with Gasteiger partial charge in [0.2, 0.25) is 11.1 Å². The molecule has 1 aliphatic carbocycles. The number of amides is 1. The minimum absolute atomic E-state index is 0.149. The SMILES string of the molecule is CCCNCCn1nnnc1SCC(=O)N(C)C1CC1. The topological polar surface area (TPSA) is 75.9 Å². The Morgan fingerprint density at radius 1 is 1.50 bits per heavy atom. The summed E-state index contributed by atoms with van der Waals surface area (Å²) in [7, 11) is 1.87. The molecule has 1 fully saturated rings. The highest BCUT2D eigenvalue weighted by Gasteiger charge is 2.29. The summed E-state index contributed by atoms with van der Waals surface area (Å²) >= 11 is 1.41. The number of carbonyl (C=O) groups excluding carboxylic acids is 1. The van der Waals surface area contributed by atoms with Gasteiger partial charge >= 0.3 is 0 Å². The van der Waals surface area contributed by atoms with Crippen LogP contribution in [-0.2, 0) is 11.3 Å². The van der Waals surface area contributed by atoms with Gasteiger partial charge < -0.3 is 10.2 Å². The van der Waals surface area contributed by atoms with Crippen LogP contribution in [0.2, 0.25) is 0 Å². The zero-order valence-electron chi connectivity index (χ0n) is 12.1. The molecule has 0 spiro atoms. The standard InChI is InChI=1S/C12H22N6OS/c1-3-6-13-7-8-18-12(14-15-16-18)20-9-11(19)17(2)10-4-5-10/h10,13H,3-9H2,1-2H3. The van der Waals surface area contributed by atoms with Gasteiger partial charge in [0, 0.05) is 19.6 Å². The molecule has 1 N–H and O–H groups in total. The van der Waals surface area contributed by atoms with Gasteiger partial charge in [-0.3, -0.25) is 4.79 Å². The highest BCUT2D eigenvalue weighted by molar-refractivity contribution is 7.99. The van der Waals surface area contributed by atoms with Crippen LogP contribution in [0.1, 0.15) is 26.2 Å². The number of aromatic nitrogens is 4. The monoisotopic (exact) mass is 298 g/mol. The average molecular weight is 298 g/mol. The van der Waals surface area contributed by atoms with Crippen molar-refractivity contribution in [2.45, 2.75) is 43.9 Å². The molecular weight excluding hydrogens is 276 g/mol. The van der Waals surface area contributed by atoms with Crippen molar-refractivity contribution in [3.63, 3.8) is 0 Å². The van der Waals surface area contributed by atoms with Crippen LogP contribution in [0.25, 0.3) is 0 Å². The van der Waals surface area contributed by atoms with E-state index in [4.69, 9.17) is 0 Å². The van der Waals surface area contributed by atoms with Crippen LogP contribution >= 0.6 is 11.8 Å². The van der Waals surface area contributed by atoms with E-state index in [-0.39, 0.29) is 5.91 Å². The summed E-state index contributed by atoms with van der Waals surface area (Å²) in [6.07, 6.45) is 3.38. The van der Waals surface area contributed by atoms with E-state index in [0.717, 1.165) is 38.9 Å². The third-order valence-electron chi connectivity index (χ3n) is 3.24. The van der Waals surface area contributed by atoms with Crippen molar-refractivity contribution in [1.82, 2.24) is 30.4 Å². The third kappa shape index (κ3) is 4.45. The first-order chi connectivity index (χ1) is 9.72. The molecule has 0 aromatic carbocycles. The number of nitrogens with one attached hydrogen (secondary N) is 1. The Balaban J connectivity index is 1.74. The Bertz CT molecular complexity index is 433. The molecule has 1 aromatic rings. The minimum atomic E-state index is 0.149. The molecule has 20 heavy (non-hydrogen) atoms.